The Bertz CT molecular complexity index is 728. The van der Waals surface area contributed by atoms with Crippen molar-refractivity contribution < 1.29 is 17.9 Å². The Morgan fingerprint density at radius 1 is 1.13 bits per heavy atom. The lowest BCUT2D eigenvalue weighted by atomic mass is 9.93. The summed E-state index contributed by atoms with van der Waals surface area (Å²) in [6.07, 6.45) is -4.82. The van der Waals surface area contributed by atoms with Gasteiger partial charge in [-0.05, 0) is 30.7 Å². The van der Waals surface area contributed by atoms with Crippen LogP contribution in [0.4, 0.5) is 18.9 Å². The lowest BCUT2D eigenvalue weighted by Gasteiger charge is -2.25. The van der Waals surface area contributed by atoms with Crippen LogP contribution in [0.3, 0.4) is 0 Å². The Hall–Kier alpha value is -2.39. The molecule has 1 atom stereocenters. The molecule has 1 unspecified atom stereocenters. The summed E-state index contributed by atoms with van der Waals surface area (Å²) in [6, 6.07) is 14.9. The number of benzene rings is 2. The number of halogens is 4. The minimum absolute atomic E-state index is 0.208. The van der Waals surface area contributed by atoms with Crippen LogP contribution in [0.1, 0.15) is 12.5 Å². The average molecular weight is 341 g/mol. The van der Waals surface area contributed by atoms with E-state index in [-0.39, 0.29) is 5.02 Å². The molecule has 0 aliphatic rings. The Labute approximate surface area is 136 Å². The maximum atomic E-state index is 12.2. The molecule has 23 heavy (non-hydrogen) atoms. The third-order valence-corrected chi connectivity index (χ3v) is 3.42. The van der Waals surface area contributed by atoms with E-state index in [1.807, 2.05) is 6.07 Å². The van der Waals surface area contributed by atoms with E-state index in [0.717, 1.165) is 6.07 Å². The van der Waals surface area contributed by atoms with Crippen LogP contribution < -0.4 is 10.1 Å². The number of hydrogen-bond acceptors (Lipinski definition) is 3. The van der Waals surface area contributed by atoms with Gasteiger partial charge >= 0.3 is 6.36 Å². The number of anilines is 1. The highest BCUT2D eigenvalue weighted by Crippen LogP contribution is 2.34. The van der Waals surface area contributed by atoms with Crippen LogP contribution in [0.25, 0.3) is 0 Å². The van der Waals surface area contributed by atoms with Crippen LogP contribution in [0.5, 0.6) is 5.75 Å². The van der Waals surface area contributed by atoms with Crippen molar-refractivity contribution in [3.05, 3.63) is 59.1 Å². The molecule has 0 spiro atoms. The van der Waals surface area contributed by atoms with Crippen molar-refractivity contribution in [3.8, 4) is 11.8 Å². The maximum absolute atomic E-state index is 12.2. The maximum Gasteiger partial charge on any atom is 0.573 e. The first-order valence-electron chi connectivity index (χ1n) is 6.54. The molecule has 2 aromatic carbocycles. The van der Waals surface area contributed by atoms with Crippen LogP contribution in [0.15, 0.2) is 48.5 Å². The molecule has 0 heterocycles. The van der Waals surface area contributed by atoms with Gasteiger partial charge in [-0.25, -0.2) is 0 Å². The summed E-state index contributed by atoms with van der Waals surface area (Å²) in [5, 5.41) is 12.2. The molecule has 0 aromatic heterocycles. The molecule has 0 radical (unpaired) electrons. The first-order chi connectivity index (χ1) is 10.7. The van der Waals surface area contributed by atoms with Gasteiger partial charge in [-0.15, -0.1) is 13.2 Å². The van der Waals surface area contributed by atoms with Gasteiger partial charge in [0.25, 0.3) is 0 Å². The minimum atomic E-state index is -4.82. The van der Waals surface area contributed by atoms with Crippen LogP contribution in [0, 0.1) is 11.3 Å². The number of rotatable bonds is 4. The summed E-state index contributed by atoms with van der Waals surface area (Å²) in [7, 11) is 0. The first kappa shape index (κ1) is 17.0. The van der Waals surface area contributed by atoms with Crippen molar-refractivity contribution in [3.63, 3.8) is 0 Å². The van der Waals surface area contributed by atoms with Gasteiger partial charge in [-0.1, -0.05) is 41.9 Å². The van der Waals surface area contributed by atoms with Crippen molar-refractivity contribution in [1.82, 2.24) is 0 Å². The second kappa shape index (κ2) is 6.39. The van der Waals surface area contributed by atoms with Gasteiger partial charge < -0.3 is 10.1 Å². The van der Waals surface area contributed by atoms with Crippen molar-refractivity contribution in [2.75, 3.05) is 5.32 Å². The fraction of sp³-hybridized carbons (Fsp3) is 0.188. The largest absolute Gasteiger partial charge is 0.573 e. The predicted molar refractivity (Wildman–Crippen MR) is 81.2 cm³/mol. The molecule has 0 aliphatic heterocycles. The van der Waals surface area contributed by atoms with Gasteiger partial charge in [-0.2, -0.15) is 5.26 Å². The SMILES string of the molecule is CC(C#N)(Nc1ccc(OC(F)(F)F)c(Cl)c1)c1ccccc1. The zero-order chi connectivity index (χ0) is 17.1. The number of alkyl halides is 3. The lowest BCUT2D eigenvalue weighted by Crippen LogP contribution is -2.29. The smallest absolute Gasteiger partial charge is 0.404 e. The quantitative estimate of drug-likeness (QED) is 0.843. The third kappa shape index (κ3) is 4.30. The lowest BCUT2D eigenvalue weighted by molar-refractivity contribution is -0.274. The number of ether oxygens (including phenoxy) is 1. The molecule has 0 fully saturated rings. The molecule has 0 aliphatic carbocycles. The molecule has 0 saturated heterocycles. The Balaban J connectivity index is 2.26. The van der Waals surface area contributed by atoms with Gasteiger partial charge in [0.2, 0.25) is 0 Å². The Morgan fingerprint density at radius 3 is 2.30 bits per heavy atom. The van der Waals surface area contributed by atoms with Gasteiger partial charge in [0.1, 0.15) is 11.3 Å². The number of nitriles is 1. The summed E-state index contributed by atoms with van der Waals surface area (Å²) in [5.41, 5.74) is 0.0587. The molecule has 7 heteroatoms. The fourth-order valence-corrected chi connectivity index (χ4v) is 2.23. The number of hydrogen-bond donors (Lipinski definition) is 1. The van der Waals surface area contributed by atoms with Crippen molar-refractivity contribution in [2.45, 2.75) is 18.8 Å². The van der Waals surface area contributed by atoms with Gasteiger partial charge in [0.15, 0.2) is 0 Å². The highest BCUT2D eigenvalue weighted by molar-refractivity contribution is 6.32. The average Bonchev–Trinajstić information content (AvgIpc) is 2.50. The Kier molecular flexibility index (Phi) is 4.71. The highest BCUT2D eigenvalue weighted by Gasteiger charge is 2.32. The summed E-state index contributed by atoms with van der Waals surface area (Å²) in [6.45, 7) is 1.66. The van der Waals surface area contributed by atoms with Crippen LogP contribution >= 0.6 is 11.6 Å². The molecular weight excluding hydrogens is 329 g/mol. The van der Waals surface area contributed by atoms with Crippen LogP contribution in [-0.2, 0) is 5.54 Å². The summed E-state index contributed by atoms with van der Waals surface area (Å²) in [5.74, 6) is -0.497. The number of nitrogens with zero attached hydrogens (tertiary/aromatic N) is 1. The van der Waals surface area contributed by atoms with Crippen molar-refractivity contribution in [2.24, 2.45) is 0 Å². The van der Waals surface area contributed by atoms with Crippen molar-refractivity contribution >= 4 is 17.3 Å². The molecular formula is C16H12ClF3N2O. The van der Waals surface area contributed by atoms with Gasteiger partial charge in [-0.3, -0.25) is 0 Å². The molecule has 0 saturated carbocycles. The standard InChI is InChI=1S/C16H12ClF3N2O/c1-15(10-21,11-5-3-2-4-6-11)22-12-7-8-14(13(17)9-12)23-16(18,19)20/h2-9,22H,1H3. The molecule has 3 nitrogen and oxygen atoms in total. The predicted octanol–water partition coefficient (Wildman–Crippen LogP) is 5.09. The Morgan fingerprint density at radius 2 is 1.78 bits per heavy atom. The van der Waals surface area contributed by atoms with Crippen LogP contribution in [0.2, 0.25) is 5.02 Å². The zero-order valence-electron chi connectivity index (χ0n) is 12.0. The molecule has 2 rings (SSSR count). The normalized spacial score (nSPS) is 13.7. The van der Waals surface area contributed by atoms with E-state index in [1.54, 1.807) is 31.2 Å². The second-order valence-electron chi connectivity index (χ2n) is 4.92. The molecule has 1 N–H and O–H groups in total. The summed E-state index contributed by atoms with van der Waals surface area (Å²) < 4.78 is 40.5. The second-order valence-corrected chi connectivity index (χ2v) is 5.33. The van der Waals surface area contributed by atoms with E-state index >= 15 is 0 Å². The van der Waals surface area contributed by atoms with Crippen molar-refractivity contribution in [1.29, 1.82) is 5.26 Å². The first-order valence-corrected chi connectivity index (χ1v) is 6.91. The summed E-state index contributed by atoms with van der Waals surface area (Å²) >= 11 is 5.81. The van der Waals surface area contributed by atoms with Gasteiger partial charge in [0, 0.05) is 5.69 Å². The minimum Gasteiger partial charge on any atom is -0.404 e. The highest BCUT2D eigenvalue weighted by atomic mass is 35.5. The fourth-order valence-electron chi connectivity index (χ4n) is 2.01. The zero-order valence-corrected chi connectivity index (χ0v) is 12.7. The molecule has 0 bridgehead atoms. The monoisotopic (exact) mass is 340 g/mol. The van der Waals surface area contributed by atoms with E-state index in [9.17, 15) is 18.4 Å². The van der Waals surface area contributed by atoms with Crippen LogP contribution in [-0.4, -0.2) is 6.36 Å². The molecule has 0 amide bonds. The van der Waals surface area contributed by atoms with E-state index in [2.05, 4.69) is 16.1 Å². The molecule has 120 valence electrons. The van der Waals surface area contributed by atoms with E-state index in [4.69, 9.17) is 11.6 Å². The van der Waals surface area contributed by atoms with E-state index in [1.165, 1.54) is 12.1 Å². The topological polar surface area (TPSA) is 45.0 Å². The van der Waals surface area contributed by atoms with Gasteiger partial charge in [0.05, 0.1) is 11.1 Å². The van der Waals surface area contributed by atoms with E-state index in [0.29, 0.717) is 11.3 Å². The molecule has 2 aromatic rings. The summed E-state index contributed by atoms with van der Waals surface area (Å²) in [4.78, 5) is 0. The third-order valence-electron chi connectivity index (χ3n) is 3.13. The van der Waals surface area contributed by atoms with E-state index < -0.39 is 17.7 Å². The number of nitrogens with one attached hydrogen (secondary N) is 1.